The zero-order chi connectivity index (χ0) is 15.6. The van der Waals surface area contributed by atoms with Crippen LogP contribution in [0.2, 0.25) is 0 Å². The number of ether oxygens (including phenoxy) is 3. The Kier molecular flexibility index (Phi) is 3.65. The Balaban J connectivity index is 1.44. The van der Waals surface area contributed by atoms with E-state index in [0.717, 1.165) is 30.6 Å². The van der Waals surface area contributed by atoms with Gasteiger partial charge in [-0.05, 0) is 31.0 Å². The van der Waals surface area contributed by atoms with Gasteiger partial charge >= 0.3 is 5.97 Å². The van der Waals surface area contributed by atoms with Crippen LogP contribution in [0.15, 0.2) is 28.8 Å². The molecule has 6 heteroatoms. The minimum absolute atomic E-state index is 0.0687. The van der Waals surface area contributed by atoms with Gasteiger partial charge in [0.05, 0.1) is 5.92 Å². The van der Waals surface area contributed by atoms with Crippen molar-refractivity contribution < 1.29 is 23.5 Å². The Morgan fingerprint density at radius 1 is 1.17 bits per heavy atom. The number of hydrogen-bond donors (Lipinski definition) is 0. The summed E-state index contributed by atoms with van der Waals surface area (Å²) in [6.07, 6.45) is 2.97. The van der Waals surface area contributed by atoms with Crippen LogP contribution in [-0.2, 0) is 16.1 Å². The predicted molar refractivity (Wildman–Crippen MR) is 80.1 cm³/mol. The molecule has 1 fully saturated rings. The van der Waals surface area contributed by atoms with E-state index in [2.05, 4.69) is 5.16 Å². The van der Waals surface area contributed by atoms with Crippen LogP contribution in [0.4, 0.5) is 0 Å². The molecule has 1 aromatic carbocycles. The summed E-state index contributed by atoms with van der Waals surface area (Å²) >= 11 is 0. The lowest BCUT2D eigenvalue weighted by Gasteiger charge is -2.22. The third-order valence-electron chi connectivity index (χ3n) is 4.19. The average molecular weight is 315 g/mol. The Morgan fingerprint density at radius 3 is 2.78 bits per heavy atom. The zero-order valence-corrected chi connectivity index (χ0v) is 12.6. The van der Waals surface area contributed by atoms with Crippen molar-refractivity contribution in [3.8, 4) is 22.8 Å². The molecule has 120 valence electrons. The van der Waals surface area contributed by atoms with Gasteiger partial charge in [0.2, 0.25) is 0 Å². The Hall–Kier alpha value is -2.50. The summed E-state index contributed by atoms with van der Waals surface area (Å²) < 4.78 is 21.7. The molecule has 0 amide bonds. The topological polar surface area (TPSA) is 70.8 Å². The average Bonchev–Trinajstić information content (AvgIpc) is 3.00. The summed E-state index contributed by atoms with van der Waals surface area (Å²) in [4.78, 5) is 11.7. The fourth-order valence-corrected chi connectivity index (χ4v) is 2.62. The van der Waals surface area contributed by atoms with E-state index in [1.54, 1.807) is 6.07 Å². The second-order valence-corrected chi connectivity index (χ2v) is 5.78. The second kappa shape index (κ2) is 5.95. The fraction of sp³-hybridized carbons (Fsp3) is 0.412. The maximum Gasteiger partial charge on any atom is 0.309 e. The van der Waals surface area contributed by atoms with Crippen LogP contribution in [0.5, 0.6) is 11.5 Å². The number of rotatable bonds is 4. The van der Waals surface area contributed by atoms with Crippen LogP contribution in [0.3, 0.4) is 0 Å². The Bertz CT molecular complexity index is 720. The molecule has 0 N–H and O–H groups in total. The summed E-state index contributed by atoms with van der Waals surface area (Å²) in [6.45, 7) is 1.24. The SMILES string of the molecule is O=C(OCc1cc(-c2ccc3c(c2)OCCO3)on1)C1CCC1. The molecule has 2 aliphatic rings. The van der Waals surface area contributed by atoms with Gasteiger partial charge in [0.1, 0.15) is 25.5 Å². The molecule has 2 heterocycles. The Morgan fingerprint density at radius 2 is 2.00 bits per heavy atom. The van der Waals surface area contributed by atoms with Crippen molar-refractivity contribution in [2.75, 3.05) is 13.2 Å². The first-order valence-electron chi connectivity index (χ1n) is 7.82. The number of carbonyl (C=O) groups excluding carboxylic acids is 1. The number of aromatic nitrogens is 1. The normalized spacial score (nSPS) is 16.7. The molecule has 6 nitrogen and oxygen atoms in total. The van der Waals surface area contributed by atoms with E-state index in [0.29, 0.717) is 30.4 Å². The third-order valence-corrected chi connectivity index (χ3v) is 4.19. The first kappa shape index (κ1) is 14.1. The van der Waals surface area contributed by atoms with E-state index in [9.17, 15) is 4.79 Å². The van der Waals surface area contributed by atoms with Crippen LogP contribution in [0, 0.1) is 5.92 Å². The maximum atomic E-state index is 11.7. The molecule has 0 unspecified atom stereocenters. The van der Waals surface area contributed by atoms with Crippen LogP contribution in [0.1, 0.15) is 25.0 Å². The van der Waals surface area contributed by atoms with Gasteiger partial charge in [0.25, 0.3) is 0 Å². The molecule has 4 rings (SSSR count). The van der Waals surface area contributed by atoms with Gasteiger partial charge in [0.15, 0.2) is 17.3 Å². The molecular weight excluding hydrogens is 298 g/mol. The smallest absolute Gasteiger partial charge is 0.309 e. The summed E-state index contributed by atoms with van der Waals surface area (Å²) in [7, 11) is 0. The van der Waals surface area contributed by atoms with Gasteiger partial charge in [-0.3, -0.25) is 4.79 Å². The van der Waals surface area contributed by atoms with Crippen molar-refractivity contribution in [3.63, 3.8) is 0 Å². The number of esters is 1. The lowest BCUT2D eigenvalue weighted by Crippen LogP contribution is -2.23. The van der Waals surface area contributed by atoms with Gasteiger partial charge in [-0.2, -0.15) is 0 Å². The summed E-state index contributed by atoms with van der Waals surface area (Å²) in [6, 6.07) is 7.37. The maximum absolute atomic E-state index is 11.7. The zero-order valence-electron chi connectivity index (χ0n) is 12.6. The number of fused-ring (bicyclic) bond motifs is 1. The number of carbonyl (C=O) groups is 1. The van der Waals surface area contributed by atoms with E-state index in [1.807, 2.05) is 18.2 Å². The first-order valence-corrected chi connectivity index (χ1v) is 7.82. The quantitative estimate of drug-likeness (QED) is 0.808. The van der Waals surface area contributed by atoms with E-state index in [-0.39, 0.29) is 18.5 Å². The highest BCUT2D eigenvalue weighted by Crippen LogP contribution is 2.34. The minimum atomic E-state index is -0.139. The second-order valence-electron chi connectivity index (χ2n) is 5.78. The number of benzene rings is 1. The van der Waals surface area contributed by atoms with Gasteiger partial charge < -0.3 is 18.7 Å². The molecule has 1 aromatic heterocycles. The van der Waals surface area contributed by atoms with E-state index >= 15 is 0 Å². The number of hydrogen-bond acceptors (Lipinski definition) is 6. The van der Waals surface area contributed by atoms with Gasteiger partial charge in [0, 0.05) is 11.6 Å². The molecule has 0 radical (unpaired) electrons. The molecule has 2 aromatic rings. The highest BCUT2D eigenvalue weighted by atomic mass is 16.6. The van der Waals surface area contributed by atoms with Crippen molar-refractivity contribution in [2.45, 2.75) is 25.9 Å². The van der Waals surface area contributed by atoms with E-state index in [4.69, 9.17) is 18.7 Å². The molecule has 0 bridgehead atoms. The molecule has 1 saturated carbocycles. The standard InChI is InChI=1S/C17H17NO5/c19-17(11-2-1-3-11)22-10-13-9-15(23-18-13)12-4-5-14-16(8-12)21-7-6-20-14/h4-5,8-9,11H,1-3,6-7,10H2. The van der Waals surface area contributed by atoms with Crippen molar-refractivity contribution in [1.29, 1.82) is 0 Å². The predicted octanol–water partition coefficient (Wildman–Crippen LogP) is 2.96. The fourth-order valence-electron chi connectivity index (χ4n) is 2.62. The molecule has 23 heavy (non-hydrogen) atoms. The van der Waals surface area contributed by atoms with Crippen molar-refractivity contribution >= 4 is 5.97 Å². The molecular formula is C17H17NO5. The van der Waals surface area contributed by atoms with Crippen LogP contribution >= 0.6 is 0 Å². The van der Waals surface area contributed by atoms with E-state index in [1.165, 1.54) is 0 Å². The van der Waals surface area contributed by atoms with Crippen LogP contribution < -0.4 is 9.47 Å². The van der Waals surface area contributed by atoms with Crippen molar-refractivity contribution in [3.05, 3.63) is 30.0 Å². The Labute approximate surface area is 133 Å². The molecule has 0 spiro atoms. The summed E-state index contributed by atoms with van der Waals surface area (Å²) in [5, 5.41) is 3.96. The van der Waals surface area contributed by atoms with Crippen LogP contribution in [-0.4, -0.2) is 24.3 Å². The molecule has 1 aliphatic carbocycles. The third kappa shape index (κ3) is 2.88. The van der Waals surface area contributed by atoms with Gasteiger partial charge in [-0.1, -0.05) is 11.6 Å². The largest absolute Gasteiger partial charge is 0.486 e. The van der Waals surface area contributed by atoms with Crippen LogP contribution in [0.25, 0.3) is 11.3 Å². The summed E-state index contributed by atoms with van der Waals surface area (Å²) in [5.41, 5.74) is 1.45. The molecule has 1 aliphatic heterocycles. The molecule has 0 saturated heterocycles. The summed E-state index contributed by atoms with van der Waals surface area (Å²) in [5.74, 6) is 1.97. The lowest BCUT2D eigenvalue weighted by atomic mass is 9.86. The lowest BCUT2D eigenvalue weighted by molar-refractivity contribution is -0.152. The molecule has 0 atom stereocenters. The van der Waals surface area contributed by atoms with Crippen molar-refractivity contribution in [1.82, 2.24) is 5.16 Å². The first-order chi connectivity index (χ1) is 11.3. The van der Waals surface area contributed by atoms with Gasteiger partial charge in [-0.25, -0.2) is 0 Å². The number of nitrogens with zero attached hydrogens (tertiary/aromatic N) is 1. The monoisotopic (exact) mass is 315 g/mol. The van der Waals surface area contributed by atoms with Crippen molar-refractivity contribution in [2.24, 2.45) is 5.92 Å². The highest BCUT2D eigenvalue weighted by molar-refractivity contribution is 5.73. The van der Waals surface area contributed by atoms with E-state index < -0.39 is 0 Å². The highest BCUT2D eigenvalue weighted by Gasteiger charge is 2.26. The minimum Gasteiger partial charge on any atom is -0.486 e. The van der Waals surface area contributed by atoms with Gasteiger partial charge in [-0.15, -0.1) is 0 Å².